The number of ether oxygens (including phenoxy) is 1. The Morgan fingerprint density at radius 3 is 2.63 bits per heavy atom. The topological polar surface area (TPSA) is 39.2 Å². The van der Waals surface area contributed by atoms with E-state index in [4.69, 9.17) is 4.74 Å². The van der Waals surface area contributed by atoms with Gasteiger partial charge in [0, 0.05) is 0 Å². The number of nitrogens with zero attached hydrogens (tertiary/aromatic N) is 1. The van der Waals surface area contributed by atoms with Gasteiger partial charge in [-0.05, 0) is 60.0 Å². The molecule has 0 spiro atoms. The highest BCUT2D eigenvalue weighted by Gasteiger charge is 2.29. The molecule has 0 atom stereocenters. The molecule has 1 aromatic rings. The molecule has 1 fully saturated rings. The number of carbonyl (C=O) groups is 1. The van der Waals surface area contributed by atoms with E-state index in [1.807, 2.05) is 13.1 Å². The summed E-state index contributed by atoms with van der Waals surface area (Å²) in [7, 11) is 0. The lowest BCUT2D eigenvalue weighted by molar-refractivity contribution is -0.149. The number of hydrogen-bond acceptors (Lipinski definition) is 4. The van der Waals surface area contributed by atoms with Gasteiger partial charge in [-0.25, -0.2) is 4.98 Å². The Balaban J connectivity index is 1.89. The first kappa shape index (κ1) is 14.7. The van der Waals surface area contributed by atoms with Gasteiger partial charge >= 0.3 is 5.97 Å². The summed E-state index contributed by atoms with van der Waals surface area (Å²) in [4.78, 5) is 16.0. The molecular weight excluding hydrogens is 326 g/mol. The standard InChI is InChI=1S/C14H18BrNO2S/c1-3-18-14(17)11-6-4-10(5-7-11)9(2)13-16-8-12(15)19-13/h8,10-11H,2-7H2,1H3/t10-,11-. The van der Waals surface area contributed by atoms with Crippen LogP contribution in [0, 0.1) is 11.8 Å². The number of esters is 1. The lowest BCUT2D eigenvalue weighted by Gasteiger charge is -2.27. The minimum Gasteiger partial charge on any atom is -0.466 e. The third-order valence-corrected chi connectivity index (χ3v) is 5.14. The van der Waals surface area contributed by atoms with E-state index in [9.17, 15) is 4.79 Å². The highest BCUT2D eigenvalue weighted by Crippen LogP contribution is 2.38. The highest BCUT2D eigenvalue weighted by atomic mass is 79.9. The molecule has 0 saturated heterocycles. The van der Waals surface area contributed by atoms with E-state index >= 15 is 0 Å². The van der Waals surface area contributed by atoms with E-state index in [2.05, 4.69) is 27.5 Å². The number of carbonyl (C=O) groups excluding carboxylic acids is 1. The average Bonchev–Trinajstić information content (AvgIpc) is 2.85. The summed E-state index contributed by atoms with van der Waals surface area (Å²) in [5, 5.41) is 1.01. The van der Waals surface area contributed by atoms with Crippen LogP contribution in [0.15, 0.2) is 16.6 Å². The zero-order chi connectivity index (χ0) is 13.8. The van der Waals surface area contributed by atoms with Gasteiger partial charge in [0.25, 0.3) is 0 Å². The van der Waals surface area contributed by atoms with Crippen LogP contribution in [0.3, 0.4) is 0 Å². The van der Waals surface area contributed by atoms with E-state index in [1.54, 1.807) is 11.3 Å². The number of rotatable bonds is 4. The molecule has 0 amide bonds. The lowest BCUT2D eigenvalue weighted by atomic mass is 9.79. The largest absolute Gasteiger partial charge is 0.466 e. The zero-order valence-electron chi connectivity index (χ0n) is 11.0. The Morgan fingerprint density at radius 2 is 2.11 bits per heavy atom. The lowest BCUT2D eigenvalue weighted by Crippen LogP contribution is -2.24. The Hall–Kier alpha value is -0.680. The minimum absolute atomic E-state index is 0.0384. The second kappa shape index (κ2) is 6.66. The third kappa shape index (κ3) is 3.66. The van der Waals surface area contributed by atoms with Crippen molar-refractivity contribution in [2.75, 3.05) is 6.61 Å². The van der Waals surface area contributed by atoms with Gasteiger partial charge in [0.2, 0.25) is 0 Å². The average molecular weight is 344 g/mol. The predicted octanol–water partition coefficient (Wildman–Crippen LogP) is 4.29. The van der Waals surface area contributed by atoms with Gasteiger partial charge in [-0.1, -0.05) is 6.58 Å². The Bertz CT molecular complexity index is 464. The van der Waals surface area contributed by atoms with E-state index < -0.39 is 0 Å². The van der Waals surface area contributed by atoms with Crippen LogP contribution >= 0.6 is 27.3 Å². The summed E-state index contributed by atoms with van der Waals surface area (Å²) in [5.41, 5.74) is 1.11. The van der Waals surface area contributed by atoms with Crippen LogP contribution in [-0.4, -0.2) is 17.6 Å². The van der Waals surface area contributed by atoms with Crippen molar-refractivity contribution in [3.8, 4) is 0 Å². The number of hydrogen-bond donors (Lipinski definition) is 0. The molecule has 0 aromatic carbocycles. The summed E-state index contributed by atoms with van der Waals surface area (Å²) in [6.07, 6.45) is 5.61. The van der Waals surface area contributed by atoms with Crippen LogP contribution in [-0.2, 0) is 9.53 Å². The maximum absolute atomic E-state index is 11.7. The van der Waals surface area contributed by atoms with Crippen molar-refractivity contribution in [2.45, 2.75) is 32.6 Å². The van der Waals surface area contributed by atoms with Gasteiger partial charge in [-0.15, -0.1) is 11.3 Å². The van der Waals surface area contributed by atoms with Crippen molar-refractivity contribution < 1.29 is 9.53 Å². The summed E-state index contributed by atoms with van der Waals surface area (Å²) < 4.78 is 6.12. The van der Waals surface area contributed by atoms with Crippen LogP contribution in [0.25, 0.3) is 5.57 Å². The Labute approximate surface area is 126 Å². The molecule has 104 valence electrons. The molecule has 1 saturated carbocycles. The van der Waals surface area contributed by atoms with Crippen LogP contribution in [0.2, 0.25) is 0 Å². The molecule has 1 aliphatic carbocycles. The molecule has 1 aromatic heterocycles. The van der Waals surface area contributed by atoms with E-state index in [-0.39, 0.29) is 11.9 Å². The molecule has 0 bridgehead atoms. The molecule has 0 unspecified atom stereocenters. The molecule has 0 radical (unpaired) electrons. The molecule has 19 heavy (non-hydrogen) atoms. The summed E-state index contributed by atoms with van der Waals surface area (Å²) in [5.74, 6) is 0.485. The molecule has 2 rings (SSSR count). The first-order valence-electron chi connectivity index (χ1n) is 6.59. The maximum atomic E-state index is 11.7. The van der Waals surface area contributed by atoms with Crippen molar-refractivity contribution in [3.63, 3.8) is 0 Å². The molecule has 3 nitrogen and oxygen atoms in total. The second-order valence-corrected chi connectivity index (χ2v) is 7.21. The SMILES string of the molecule is C=C(c1ncc(Br)s1)[C@H]1CC[C@H](C(=O)OCC)CC1. The van der Waals surface area contributed by atoms with Crippen LogP contribution < -0.4 is 0 Å². The van der Waals surface area contributed by atoms with Gasteiger partial charge in [0.15, 0.2) is 0 Å². The van der Waals surface area contributed by atoms with E-state index in [0.717, 1.165) is 40.1 Å². The van der Waals surface area contributed by atoms with E-state index in [1.165, 1.54) is 0 Å². The number of thiazole rings is 1. The molecule has 5 heteroatoms. The van der Waals surface area contributed by atoms with Gasteiger partial charge in [0.1, 0.15) is 5.01 Å². The van der Waals surface area contributed by atoms with Gasteiger partial charge < -0.3 is 4.74 Å². The first-order valence-corrected chi connectivity index (χ1v) is 8.20. The number of halogens is 1. The van der Waals surface area contributed by atoms with Crippen LogP contribution in [0.1, 0.15) is 37.6 Å². The van der Waals surface area contributed by atoms with Gasteiger partial charge in [-0.2, -0.15) is 0 Å². The van der Waals surface area contributed by atoms with Crippen molar-refractivity contribution in [3.05, 3.63) is 21.6 Å². The van der Waals surface area contributed by atoms with Gasteiger partial charge in [-0.3, -0.25) is 4.79 Å². The fraction of sp³-hybridized carbons (Fsp3) is 0.571. The number of allylic oxidation sites excluding steroid dienone is 1. The molecule has 1 aliphatic rings. The van der Waals surface area contributed by atoms with Gasteiger partial charge in [0.05, 0.1) is 22.5 Å². The molecule has 0 N–H and O–H groups in total. The first-order chi connectivity index (χ1) is 9.11. The smallest absolute Gasteiger partial charge is 0.308 e. The molecular formula is C14H18BrNO2S. The third-order valence-electron chi connectivity index (χ3n) is 3.59. The van der Waals surface area contributed by atoms with Crippen molar-refractivity contribution in [1.29, 1.82) is 0 Å². The highest BCUT2D eigenvalue weighted by molar-refractivity contribution is 9.11. The number of aromatic nitrogens is 1. The van der Waals surface area contributed by atoms with Crippen LogP contribution in [0.5, 0.6) is 0 Å². The minimum atomic E-state index is -0.0384. The molecule has 1 heterocycles. The molecule has 0 aliphatic heterocycles. The summed E-state index contributed by atoms with van der Waals surface area (Å²) in [6, 6.07) is 0. The second-order valence-electron chi connectivity index (χ2n) is 4.80. The van der Waals surface area contributed by atoms with Crippen molar-refractivity contribution >= 4 is 38.8 Å². The predicted molar refractivity (Wildman–Crippen MR) is 80.9 cm³/mol. The quantitative estimate of drug-likeness (QED) is 0.765. The van der Waals surface area contributed by atoms with Crippen LogP contribution in [0.4, 0.5) is 0 Å². The normalized spacial score (nSPS) is 23.1. The fourth-order valence-electron chi connectivity index (χ4n) is 2.52. The fourth-order valence-corrected chi connectivity index (χ4v) is 3.77. The zero-order valence-corrected chi connectivity index (χ0v) is 13.4. The monoisotopic (exact) mass is 343 g/mol. The summed E-state index contributed by atoms with van der Waals surface area (Å²) >= 11 is 5.04. The van der Waals surface area contributed by atoms with Crippen molar-refractivity contribution in [2.24, 2.45) is 11.8 Å². The van der Waals surface area contributed by atoms with E-state index in [0.29, 0.717) is 12.5 Å². The Morgan fingerprint density at radius 1 is 1.47 bits per heavy atom. The summed E-state index contributed by atoms with van der Waals surface area (Å²) in [6.45, 7) is 6.50. The Kier molecular flexibility index (Phi) is 5.16. The maximum Gasteiger partial charge on any atom is 0.308 e. The van der Waals surface area contributed by atoms with Crippen molar-refractivity contribution in [1.82, 2.24) is 4.98 Å².